The quantitative estimate of drug-likeness (QED) is 0.779. The average Bonchev–Trinajstić information content (AvgIpc) is 2.77. The first-order chi connectivity index (χ1) is 7.65. The molecule has 1 heterocycles. The molecule has 0 aromatic carbocycles. The van der Waals surface area contributed by atoms with Gasteiger partial charge < -0.3 is 15.5 Å². The summed E-state index contributed by atoms with van der Waals surface area (Å²) in [7, 11) is 4.53. The van der Waals surface area contributed by atoms with Crippen LogP contribution in [0.2, 0.25) is 0 Å². The van der Waals surface area contributed by atoms with Gasteiger partial charge >= 0.3 is 0 Å². The van der Waals surface area contributed by atoms with Crippen LogP contribution in [0.25, 0.3) is 0 Å². The summed E-state index contributed by atoms with van der Waals surface area (Å²) < 4.78 is 0. The molecule has 1 aliphatic heterocycles. The topological polar surface area (TPSA) is 32.5 Å². The van der Waals surface area contributed by atoms with Gasteiger partial charge in [-0.05, 0) is 58.7 Å². The van der Waals surface area contributed by atoms with Gasteiger partial charge in [-0.3, -0.25) is 0 Å². The molecule has 0 bridgehead atoms. The maximum atomic E-state index is 5.96. The fraction of sp³-hybridized carbons (Fsp3) is 1.00. The third-order valence-corrected chi connectivity index (χ3v) is 4.35. The second-order valence-corrected chi connectivity index (χ2v) is 5.94. The first-order valence-corrected chi connectivity index (χ1v) is 6.79. The summed E-state index contributed by atoms with van der Waals surface area (Å²) in [4.78, 5) is 5.03. The van der Waals surface area contributed by atoms with Crippen LogP contribution < -0.4 is 5.73 Å². The van der Waals surface area contributed by atoms with Crippen molar-refractivity contribution in [3.63, 3.8) is 0 Å². The Labute approximate surface area is 100.0 Å². The lowest BCUT2D eigenvalue weighted by Crippen LogP contribution is -2.38. The highest BCUT2D eigenvalue weighted by molar-refractivity contribution is 4.82. The molecule has 0 amide bonds. The molecule has 1 saturated carbocycles. The zero-order valence-electron chi connectivity index (χ0n) is 10.9. The molecule has 3 atom stereocenters. The number of hydrogen-bond donors (Lipinski definition) is 1. The van der Waals surface area contributed by atoms with Gasteiger partial charge in [-0.15, -0.1) is 0 Å². The van der Waals surface area contributed by atoms with Crippen LogP contribution in [0.3, 0.4) is 0 Å². The molecular formula is C13H27N3. The van der Waals surface area contributed by atoms with Crippen molar-refractivity contribution in [1.82, 2.24) is 9.80 Å². The van der Waals surface area contributed by atoms with E-state index in [1.807, 2.05) is 0 Å². The molecule has 0 spiro atoms. The van der Waals surface area contributed by atoms with Gasteiger partial charge in [0.15, 0.2) is 0 Å². The molecule has 3 nitrogen and oxygen atoms in total. The smallest absolute Gasteiger partial charge is 0.0220 e. The number of hydrogen-bond acceptors (Lipinski definition) is 3. The number of nitrogens with two attached hydrogens (primary N) is 1. The van der Waals surface area contributed by atoms with Crippen molar-refractivity contribution >= 4 is 0 Å². The summed E-state index contributed by atoms with van der Waals surface area (Å²) in [5, 5.41) is 0. The monoisotopic (exact) mass is 225 g/mol. The van der Waals surface area contributed by atoms with Gasteiger partial charge in [0.25, 0.3) is 0 Å². The van der Waals surface area contributed by atoms with E-state index >= 15 is 0 Å². The molecule has 3 heteroatoms. The van der Waals surface area contributed by atoms with E-state index in [0.717, 1.165) is 12.0 Å². The molecule has 2 aliphatic rings. The molecule has 1 aliphatic carbocycles. The van der Waals surface area contributed by atoms with E-state index in [-0.39, 0.29) is 0 Å². The summed E-state index contributed by atoms with van der Waals surface area (Å²) in [5.74, 6) is 0.853. The van der Waals surface area contributed by atoms with Crippen LogP contribution in [0.15, 0.2) is 0 Å². The van der Waals surface area contributed by atoms with Gasteiger partial charge in [0.1, 0.15) is 0 Å². The average molecular weight is 225 g/mol. The predicted molar refractivity (Wildman–Crippen MR) is 68.5 cm³/mol. The first-order valence-electron chi connectivity index (χ1n) is 6.79. The maximum absolute atomic E-state index is 5.96. The van der Waals surface area contributed by atoms with E-state index in [0.29, 0.717) is 6.04 Å². The molecule has 0 aromatic rings. The van der Waals surface area contributed by atoms with Crippen LogP contribution in [0, 0.1) is 5.92 Å². The SMILES string of the molecule is CN(CC1CCC(N)C1)CC1CCCN1C. The van der Waals surface area contributed by atoms with Crippen molar-refractivity contribution in [3.8, 4) is 0 Å². The third kappa shape index (κ3) is 3.19. The van der Waals surface area contributed by atoms with Crippen molar-refractivity contribution in [2.24, 2.45) is 11.7 Å². The van der Waals surface area contributed by atoms with Gasteiger partial charge in [0.05, 0.1) is 0 Å². The van der Waals surface area contributed by atoms with Gasteiger partial charge in [-0.1, -0.05) is 0 Å². The summed E-state index contributed by atoms with van der Waals surface area (Å²) in [5.41, 5.74) is 5.96. The molecule has 94 valence electrons. The van der Waals surface area contributed by atoms with Crippen molar-refractivity contribution in [3.05, 3.63) is 0 Å². The van der Waals surface area contributed by atoms with Crippen molar-refractivity contribution in [2.45, 2.75) is 44.2 Å². The largest absolute Gasteiger partial charge is 0.328 e. The first kappa shape index (κ1) is 12.3. The van der Waals surface area contributed by atoms with E-state index in [1.54, 1.807) is 0 Å². The van der Waals surface area contributed by atoms with E-state index in [9.17, 15) is 0 Å². The van der Waals surface area contributed by atoms with E-state index < -0.39 is 0 Å². The molecule has 16 heavy (non-hydrogen) atoms. The van der Waals surface area contributed by atoms with E-state index in [2.05, 4.69) is 23.9 Å². The molecule has 0 aromatic heterocycles. The van der Waals surface area contributed by atoms with Crippen molar-refractivity contribution in [2.75, 3.05) is 33.7 Å². The molecule has 0 radical (unpaired) electrons. The van der Waals surface area contributed by atoms with Gasteiger partial charge in [-0.25, -0.2) is 0 Å². The Morgan fingerprint density at radius 2 is 2.06 bits per heavy atom. The lowest BCUT2D eigenvalue weighted by molar-refractivity contribution is 0.200. The van der Waals surface area contributed by atoms with Crippen LogP contribution in [0.5, 0.6) is 0 Å². The Bertz CT molecular complexity index is 219. The second kappa shape index (κ2) is 5.48. The predicted octanol–water partition coefficient (Wildman–Crippen LogP) is 1.14. The normalized spacial score (nSPS) is 36.4. The maximum Gasteiger partial charge on any atom is 0.0220 e. The van der Waals surface area contributed by atoms with E-state index in [1.165, 1.54) is 51.7 Å². The summed E-state index contributed by atoms with van der Waals surface area (Å²) in [6.45, 7) is 3.77. The van der Waals surface area contributed by atoms with Crippen molar-refractivity contribution < 1.29 is 0 Å². The highest BCUT2D eigenvalue weighted by atomic mass is 15.2. The fourth-order valence-electron chi connectivity index (χ4n) is 3.36. The lowest BCUT2D eigenvalue weighted by atomic mass is 10.1. The van der Waals surface area contributed by atoms with Gasteiger partial charge in [-0.2, -0.15) is 0 Å². The second-order valence-electron chi connectivity index (χ2n) is 5.94. The van der Waals surface area contributed by atoms with Crippen molar-refractivity contribution in [1.29, 1.82) is 0 Å². The number of likely N-dealkylation sites (N-methyl/N-ethyl adjacent to an activating group) is 2. The zero-order valence-corrected chi connectivity index (χ0v) is 10.9. The minimum atomic E-state index is 0.479. The molecule has 2 rings (SSSR count). The lowest BCUT2D eigenvalue weighted by Gasteiger charge is -2.27. The molecular weight excluding hydrogens is 198 g/mol. The van der Waals surface area contributed by atoms with Crippen LogP contribution >= 0.6 is 0 Å². The number of nitrogens with zero attached hydrogens (tertiary/aromatic N) is 2. The Balaban J connectivity index is 1.69. The van der Waals surface area contributed by atoms with Crippen LogP contribution in [-0.4, -0.2) is 55.6 Å². The minimum Gasteiger partial charge on any atom is -0.328 e. The Morgan fingerprint density at radius 1 is 1.25 bits per heavy atom. The van der Waals surface area contributed by atoms with Crippen LogP contribution in [0.1, 0.15) is 32.1 Å². The Kier molecular flexibility index (Phi) is 4.22. The standard InChI is InChI=1S/C13H27N3/c1-15(9-11-5-6-12(14)8-11)10-13-4-3-7-16(13)2/h11-13H,3-10,14H2,1-2H3. The number of rotatable bonds is 4. The molecule has 3 unspecified atom stereocenters. The molecule has 1 saturated heterocycles. The third-order valence-electron chi connectivity index (χ3n) is 4.35. The van der Waals surface area contributed by atoms with Gasteiger partial charge in [0.2, 0.25) is 0 Å². The Morgan fingerprint density at radius 3 is 2.62 bits per heavy atom. The highest BCUT2D eigenvalue weighted by Crippen LogP contribution is 2.25. The zero-order chi connectivity index (χ0) is 11.5. The van der Waals surface area contributed by atoms with E-state index in [4.69, 9.17) is 5.73 Å². The summed E-state index contributed by atoms with van der Waals surface area (Å²) in [6.07, 6.45) is 6.58. The minimum absolute atomic E-state index is 0.479. The Hall–Kier alpha value is -0.120. The molecule has 2 fully saturated rings. The van der Waals surface area contributed by atoms with Crippen LogP contribution in [-0.2, 0) is 0 Å². The fourth-order valence-corrected chi connectivity index (χ4v) is 3.36. The highest BCUT2D eigenvalue weighted by Gasteiger charge is 2.26. The number of likely N-dealkylation sites (tertiary alicyclic amines) is 1. The molecule has 2 N–H and O–H groups in total. The van der Waals surface area contributed by atoms with Gasteiger partial charge in [0, 0.05) is 25.2 Å². The van der Waals surface area contributed by atoms with Crippen LogP contribution in [0.4, 0.5) is 0 Å². The summed E-state index contributed by atoms with van der Waals surface area (Å²) >= 11 is 0. The summed E-state index contributed by atoms with van der Waals surface area (Å²) in [6, 6.07) is 1.27.